The van der Waals surface area contributed by atoms with Gasteiger partial charge in [0.1, 0.15) is 15.6 Å². The average Bonchev–Trinajstić information content (AvgIpc) is 2.28. The van der Waals surface area contributed by atoms with Crippen LogP contribution in [0.15, 0.2) is 12.1 Å². The van der Waals surface area contributed by atoms with E-state index >= 15 is 0 Å². The molecule has 1 amide bonds. The van der Waals surface area contributed by atoms with Crippen LogP contribution in [0, 0.1) is 0 Å². The molecule has 0 aromatic heterocycles. The summed E-state index contributed by atoms with van der Waals surface area (Å²) in [7, 11) is -3.08. The Kier molecular flexibility index (Phi) is 3.76. The number of hydrogen-bond donors (Lipinski definition) is 3. The first kappa shape index (κ1) is 14.4. The summed E-state index contributed by atoms with van der Waals surface area (Å²) in [5.74, 6) is 0.257. The summed E-state index contributed by atoms with van der Waals surface area (Å²) < 4.78 is 27.7. The second kappa shape index (κ2) is 5.20. The van der Waals surface area contributed by atoms with Gasteiger partial charge >= 0.3 is 0 Å². The number of fused-ring (bicyclic) bond motifs is 1. The van der Waals surface area contributed by atoms with Gasteiger partial charge in [0.25, 0.3) is 5.91 Å². The molecule has 1 heterocycles. The second-order valence-corrected chi connectivity index (χ2v) is 7.10. The molecule has 2 rings (SSSR count). The van der Waals surface area contributed by atoms with E-state index < -0.39 is 9.84 Å². The normalized spacial score (nSPS) is 15.8. The molecule has 0 saturated carbocycles. The summed E-state index contributed by atoms with van der Waals surface area (Å²) in [6.07, 6.45) is 1.18. The maximum absolute atomic E-state index is 11.3. The lowest BCUT2D eigenvalue weighted by Gasteiger charge is -2.22. The van der Waals surface area contributed by atoms with Crippen LogP contribution in [-0.4, -0.2) is 39.0 Å². The Balaban J connectivity index is 2.20. The lowest BCUT2D eigenvalue weighted by atomic mass is 10.2. The maximum Gasteiger partial charge on any atom is 0.262 e. The highest BCUT2D eigenvalue weighted by atomic mass is 32.2. The summed E-state index contributed by atoms with van der Waals surface area (Å²) in [6.45, 7) is 1.71. The fraction of sp³-hybridized carbons (Fsp3) is 0.417. The number of ether oxygens (including phenoxy) is 1. The van der Waals surface area contributed by atoms with Crippen molar-refractivity contribution in [3.05, 3.63) is 12.1 Å². The first-order valence-corrected chi connectivity index (χ1v) is 8.11. The Labute approximate surface area is 117 Å². The third-order valence-corrected chi connectivity index (χ3v) is 3.84. The summed E-state index contributed by atoms with van der Waals surface area (Å²) in [4.78, 5) is 11.3. The van der Waals surface area contributed by atoms with Crippen LogP contribution in [-0.2, 0) is 14.6 Å². The Morgan fingerprint density at radius 2 is 2.20 bits per heavy atom. The van der Waals surface area contributed by atoms with Crippen molar-refractivity contribution in [2.75, 3.05) is 35.0 Å². The van der Waals surface area contributed by atoms with Gasteiger partial charge in [0.15, 0.2) is 6.61 Å². The van der Waals surface area contributed by atoms with E-state index in [1.807, 2.05) is 0 Å². The quantitative estimate of drug-likeness (QED) is 0.696. The molecule has 4 N–H and O–H groups in total. The second-order valence-electron chi connectivity index (χ2n) is 4.91. The molecule has 0 aliphatic carbocycles. The van der Waals surface area contributed by atoms with Crippen molar-refractivity contribution in [3.63, 3.8) is 0 Å². The molecule has 0 saturated heterocycles. The van der Waals surface area contributed by atoms with E-state index in [4.69, 9.17) is 10.5 Å². The minimum atomic E-state index is -3.08. The number of nitrogens with one attached hydrogen (secondary N) is 2. The molecule has 0 radical (unpaired) electrons. The van der Waals surface area contributed by atoms with E-state index in [9.17, 15) is 13.2 Å². The molecule has 1 aromatic carbocycles. The standard InChI is InChI=1S/C12H17N3O4S/c1-7(6-20(2,17)18)14-9-4-10-11(3-8(9)13)19-5-12(16)15-10/h3-4,7,14H,5-6,13H2,1-2H3,(H,15,16). The highest BCUT2D eigenvalue weighted by molar-refractivity contribution is 7.90. The zero-order valence-electron chi connectivity index (χ0n) is 11.3. The Morgan fingerprint density at radius 3 is 2.85 bits per heavy atom. The Hall–Kier alpha value is -1.96. The minimum absolute atomic E-state index is 0.00756. The van der Waals surface area contributed by atoms with Gasteiger partial charge in [0.05, 0.1) is 22.8 Å². The molecule has 0 bridgehead atoms. The zero-order chi connectivity index (χ0) is 14.9. The molecule has 0 fully saturated rings. The van der Waals surface area contributed by atoms with Gasteiger partial charge in [-0.1, -0.05) is 0 Å². The Morgan fingerprint density at radius 1 is 1.50 bits per heavy atom. The van der Waals surface area contributed by atoms with E-state index in [-0.39, 0.29) is 24.3 Å². The number of anilines is 3. The Bertz CT molecular complexity index is 642. The topological polar surface area (TPSA) is 111 Å². The van der Waals surface area contributed by atoms with E-state index in [1.165, 1.54) is 6.26 Å². The van der Waals surface area contributed by atoms with Crippen LogP contribution in [0.1, 0.15) is 6.92 Å². The highest BCUT2D eigenvalue weighted by Gasteiger charge is 2.19. The number of sulfone groups is 1. The van der Waals surface area contributed by atoms with E-state index in [2.05, 4.69) is 10.6 Å². The molecule has 1 unspecified atom stereocenters. The van der Waals surface area contributed by atoms with E-state index in [0.29, 0.717) is 22.8 Å². The molecule has 1 aliphatic heterocycles. The number of amides is 1. The number of nitrogen functional groups attached to an aromatic ring is 1. The fourth-order valence-corrected chi connectivity index (χ4v) is 3.02. The lowest BCUT2D eigenvalue weighted by Crippen LogP contribution is -2.27. The minimum Gasteiger partial charge on any atom is -0.482 e. The van der Waals surface area contributed by atoms with Crippen molar-refractivity contribution in [2.45, 2.75) is 13.0 Å². The van der Waals surface area contributed by atoms with Crippen molar-refractivity contribution in [2.24, 2.45) is 0 Å². The van der Waals surface area contributed by atoms with Crippen LogP contribution < -0.4 is 21.1 Å². The largest absolute Gasteiger partial charge is 0.482 e. The fourth-order valence-electron chi connectivity index (χ4n) is 2.03. The number of carbonyl (C=O) groups excluding carboxylic acids is 1. The van der Waals surface area contributed by atoms with E-state index in [0.717, 1.165) is 0 Å². The molecule has 8 heteroatoms. The van der Waals surface area contributed by atoms with Crippen molar-refractivity contribution >= 4 is 32.8 Å². The number of nitrogens with two attached hydrogens (primary N) is 1. The van der Waals surface area contributed by atoms with Gasteiger partial charge in [-0.25, -0.2) is 8.42 Å². The van der Waals surface area contributed by atoms with Gasteiger partial charge in [-0.15, -0.1) is 0 Å². The molecule has 20 heavy (non-hydrogen) atoms. The predicted octanol–water partition coefficient (Wildman–Crippen LogP) is 0.445. The molecular weight excluding hydrogens is 282 g/mol. The van der Waals surface area contributed by atoms with Crippen molar-refractivity contribution < 1.29 is 17.9 Å². The first-order valence-electron chi connectivity index (χ1n) is 6.05. The highest BCUT2D eigenvalue weighted by Crippen LogP contribution is 2.35. The first-order chi connectivity index (χ1) is 9.24. The number of benzene rings is 1. The van der Waals surface area contributed by atoms with Crippen LogP contribution in [0.2, 0.25) is 0 Å². The van der Waals surface area contributed by atoms with Gasteiger partial charge in [-0.05, 0) is 13.0 Å². The van der Waals surface area contributed by atoms with Crippen LogP contribution in [0.5, 0.6) is 5.75 Å². The van der Waals surface area contributed by atoms with Crippen LogP contribution in [0.25, 0.3) is 0 Å². The number of hydrogen-bond acceptors (Lipinski definition) is 6. The van der Waals surface area contributed by atoms with E-state index in [1.54, 1.807) is 19.1 Å². The van der Waals surface area contributed by atoms with Gasteiger partial charge in [-0.2, -0.15) is 0 Å². The molecule has 1 aliphatic rings. The predicted molar refractivity (Wildman–Crippen MR) is 77.8 cm³/mol. The van der Waals surface area contributed by atoms with Crippen LogP contribution >= 0.6 is 0 Å². The van der Waals surface area contributed by atoms with Crippen molar-refractivity contribution in [3.8, 4) is 5.75 Å². The zero-order valence-corrected chi connectivity index (χ0v) is 12.1. The molecule has 0 spiro atoms. The molecule has 110 valence electrons. The summed E-state index contributed by atoms with van der Waals surface area (Å²) >= 11 is 0. The summed E-state index contributed by atoms with van der Waals surface area (Å²) in [5, 5.41) is 5.69. The average molecular weight is 299 g/mol. The van der Waals surface area contributed by atoms with Crippen molar-refractivity contribution in [1.82, 2.24) is 0 Å². The van der Waals surface area contributed by atoms with Gasteiger partial charge in [0, 0.05) is 18.4 Å². The molecular formula is C12H17N3O4S. The SMILES string of the molecule is CC(CS(C)(=O)=O)Nc1cc2c(cc1N)OCC(=O)N2. The molecule has 1 aromatic rings. The number of rotatable bonds is 4. The van der Waals surface area contributed by atoms with Crippen LogP contribution in [0.3, 0.4) is 0 Å². The van der Waals surface area contributed by atoms with Gasteiger partial charge in [-0.3, -0.25) is 4.79 Å². The molecule has 1 atom stereocenters. The monoisotopic (exact) mass is 299 g/mol. The molecule has 7 nitrogen and oxygen atoms in total. The maximum atomic E-state index is 11.3. The third kappa shape index (κ3) is 3.53. The third-order valence-electron chi connectivity index (χ3n) is 2.74. The van der Waals surface area contributed by atoms with Crippen LogP contribution in [0.4, 0.5) is 17.1 Å². The van der Waals surface area contributed by atoms with Gasteiger partial charge < -0.3 is 21.1 Å². The smallest absolute Gasteiger partial charge is 0.262 e. The lowest BCUT2D eigenvalue weighted by molar-refractivity contribution is -0.118. The summed E-state index contributed by atoms with van der Waals surface area (Å²) in [5.41, 5.74) is 7.40. The van der Waals surface area contributed by atoms with Gasteiger partial charge in [0.2, 0.25) is 0 Å². The summed E-state index contributed by atoms with van der Waals surface area (Å²) in [6, 6.07) is 2.94. The number of carbonyl (C=O) groups is 1. The van der Waals surface area contributed by atoms with Crippen molar-refractivity contribution in [1.29, 1.82) is 0 Å².